The number of hydrogen-bond acceptors (Lipinski definition) is 5. The van der Waals surface area contributed by atoms with Crippen molar-refractivity contribution in [3.8, 4) is 11.4 Å². The fraction of sp³-hybridized carbons (Fsp3) is 0.267. The second kappa shape index (κ2) is 5.78. The summed E-state index contributed by atoms with van der Waals surface area (Å²) in [5.74, 6) is 1.79. The molecule has 1 aliphatic carbocycles. The number of hydrogen-bond donors (Lipinski definition) is 0. The average molecular weight is 333 g/mol. The molecule has 0 N–H and O–H groups in total. The summed E-state index contributed by atoms with van der Waals surface area (Å²) in [5.41, 5.74) is 0.892. The second-order valence-electron chi connectivity index (χ2n) is 5.16. The van der Waals surface area contributed by atoms with E-state index in [0.29, 0.717) is 28.5 Å². The molecule has 0 radical (unpaired) electrons. The van der Waals surface area contributed by atoms with Crippen LogP contribution in [0.2, 0.25) is 5.02 Å². The van der Waals surface area contributed by atoms with Crippen LogP contribution in [0.15, 0.2) is 46.3 Å². The highest BCUT2D eigenvalue weighted by atomic mass is 35.5. The summed E-state index contributed by atoms with van der Waals surface area (Å²) >= 11 is 7.50. The molecule has 1 aliphatic rings. The third kappa shape index (κ3) is 2.89. The molecule has 0 aliphatic heterocycles. The van der Waals surface area contributed by atoms with Gasteiger partial charge in [0, 0.05) is 29.0 Å². The van der Waals surface area contributed by atoms with E-state index in [-0.39, 0.29) is 0 Å². The van der Waals surface area contributed by atoms with Crippen molar-refractivity contribution in [2.75, 3.05) is 0 Å². The lowest BCUT2D eigenvalue weighted by Gasteiger charge is -2.03. The number of nitrogens with zero attached hydrogens (tertiary/aromatic N) is 4. The molecule has 1 saturated carbocycles. The third-order valence-electron chi connectivity index (χ3n) is 3.47. The van der Waals surface area contributed by atoms with Gasteiger partial charge in [-0.15, -0.1) is 0 Å². The van der Waals surface area contributed by atoms with Crippen LogP contribution < -0.4 is 0 Å². The van der Waals surface area contributed by atoms with Crippen LogP contribution in [-0.4, -0.2) is 19.7 Å². The molecule has 1 fully saturated rings. The number of rotatable bonds is 5. The molecule has 112 valence electrons. The Balaban J connectivity index is 1.45. The second-order valence-corrected chi connectivity index (χ2v) is 6.53. The molecule has 0 spiro atoms. The van der Waals surface area contributed by atoms with Gasteiger partial charge in [-0.25, -0.2) is 4.98 Å². The van der Waals surface area contributed by atoms with Gasteiger partial charge in [0.25, 0.3) is 0 Å². The number of aromatic nitrogens is 4. The van der Waals surface area contributed by atoms with E-state index in [4.69, 9.17) is 16.1 Å². The van der Waals surface area contributed by atoms with Crippen molar-refractivity contribution in [2.24, 2.45) is 0 Å². The molecule has 0 saturated heterocycles. The van der Waals surface area contributed by atoms with E-state index in [2.05, 4.69) is 19.7 Å². The van der Waals surface area contributed by atoms with Crippen molar-refractivity contribution in [1.82, 2.24) is 19.7 Å². The predicted molar refractivity (Wildman–Crippen MR) is 84.8 cm³/mol. The minimum Gasteiger partial charge on any atom is -0.338 e. The number of thioether (sulfide) groups is 1. The fourth-order valence-electron chi connectivity index (χ4n) is 2.20. The van der Waals surface area contributed by atoms with Crippen molar-refractivity contribution < 1.29 is 4.52 Å². The van der Waals surface area contributed by atoms with E-state index in [0.717, 1.165) is 10.7 Å². The zero-order valence-electron chi connectivity index (χ0n) is 11.6. The summed E-state index contributed by atoms with van der Waals surface area (Å²) in [7, 11) is 0. The van der Waals surface area contributed by atoms with Crippen LogP contribution in [0.25, 0.3) is 11.4 Å². The summed E-state index contributed by atoms with van der Waals surface area (Å²) in [4.78, 5) is 8.81. The molecular formula is C15H13ClN4OS. The van der Waals surface area contributed by atoms with Gasteiger partial charge in [-0.3, -0.25) is 0 Å². The van der Waals surface area contributed by atoms with Crippen LogP contribution in [0, 0.1) is 0 Å². The maximum atomic E-state index is 5.88. The van der Waals surface area contributed by atoms with Gasteiger partial charge in [0.15, 0.2) is 5.16 Å². The Bertz CT molecular complexity index is 779. The lowest BCUT2D eigenvalue weighted by molar-refractivity contribution is 0.391. The highest BCUT2D eigenvalue weighted by molar-refractivity contribution is 7.98. The third-order valence-corrected chi connectivity index (χ3v) is 4.69. The van der Waals surface area contributed by atoms with E-state index in [1.54, 1.807) is 11.8 Å². The fourth-order valence-corrected chi connectivity index (χ4v) is 3.19. The first kappa shape index (κ1) is 13.8. The summed E-state index contributed by atoms with van der Waals surface area (Å²) < 4.78 is 7.53. The van der Waals surface area contributed by atoms with Crippen molar-refractivity contribution in [2.45, 2.75) is 29.8 Å². The smallest absolute Gasteiger partial charge is 0.237 e. The molecule has 4 rings (SSSR count). The molecule has 0 bridgehead atoms. The Kier molecular flexibility index (Phi) is 3.63. The summed E-state index contributed by atoms with van der Waals surface area (Å²) in [6, 6.07) is 8.01. The molecule has 0 atom stereocenters. The maximum Gasteiger partial charge on any atom is 0.237 e. The van der Waals surface area contributed by atoms with Gasteiger partial charge in [0.05, 0.1) is 5.75 Å². The van der Waals surface area contributed by atoms with Crippen LogP contribution in [-0.2, 0) is 5.75 Å². The zero-order chi connectivity index (χ0) is 14.9. The van der Waals surface area contributed by atoms with E-state index < -0.39 is 0 Å². The predicted octanol–water partition coefficient (Wildman–Crippen LogP) is 4.21. The standard InChI is InChI=1S/C15H13ClN4OS/c16-11-3-1-10(2-4-11)14-18-13(21-19-14)9-22-15-17-7-8-20(15)12-5-6-12/h1-4,7-8,12H,5-6,9H2. The molecule has 22 heavy (non-hydrogen) atoms. The molecule has 1 aromatic carbocycles. The van der Waals surface area contributed by atoms with Gasteiger partial charge >= 0.3 is 0 Å². The van der Waals surface area contributed by atoms with Crippen molar-refractivity contribution >= 4 is 23.4 Å². The number of imidazole rings is 1. The normalized spacial score (nSPS) is 14.4. The van der Waals surface area contributed by atoms with E-state index >= 15 is 0 Å². The van der Waals surface area contributed by atoms with E-state index in [1.165, 1.54) is 12.8 Å². The van der Waals surface area contributed by atoms with Gasteiger partial charge < -0.3 is 9.09 Å². The molecule has 7 heteroatoms. The highest BCUT2D eigenvalue weighted by Crippen LogP contribution is 2.38. The summed E-state index contributed by atoms with van der Waals surface area (Å²) in [6.45, 7) is 0. The molecule has 0 unspecified atom stereocenters. The van der Waals surface area contributed by atoms with Gasteiger partial charge in [-0.1, -0.05) is 28.5 Å². The monoisotopic (exact) mass is 332 g/mol. The number of benzene rings is 1. The first-order chi connectivity index (χ1) is 10.8. The zero-order valence-corrected chi connectivity index (χ0v) is 13.2. The van der Waals surface area contributed by atoms with Crippen LogP contribution in [0.5, 0.6) is 0 Å². The highest BCUT2D eigenvalue weighted by Gasteiger charge is 2.25. The van der Waals surface area contributed by atoms with Crippen LogP contribution in [0.4, 0.5) is 0 Å². The van der Waals surface area contributed by atoms with Crippen molar-refractivity contribution in [3.05, 3.63) is 47.6 Å². The molecular weight excluding hydrogens is 320 g/mol. The Labute approximate surface area is 136 Å². The van der Waals surface area contributed by atoms with Crippen LogP contribution in [0.3, 0.4) is 0 Å². The van der Waals surface area contributed by atoms with Crippen LogP contribution in [0.1, 0.15) is 24.8 Å². The topological polar surface area (TPSA) is 56.7 Å². The Hall–Kier alpha value is -1.79. The summed E-state index contributed by atoms with van der Waals surface area (Å²) in [5, 5.41) is 5.71. The van der Waals surface area contributed by atoms with Crippen molar-refractivity contribution in [3.63, 3.8) is 0 Å². The first-order valence-electron chi connectivity index (χ1n) is 7.04. The van der Waals surface area contributed by atoms with Gasteiger partial charge in [0.1, 0.15) is 0 Å². The summed E-state index contributed by atoms with van der Waals surface area (Å²) in [6.07, 6.45) is 6.36. The minimum absolute atomic E-state index is 0.581. The lowest BCUT2D eigenvalue weighted by Crippen LogP contribution is -1.94. The molecule has 2 aromatic heterocycles. The van der Waals surface area contributed by atoms with Gasteiger partial charge in [-0.05, 0) is 37.1 Å². The quantitative estimate of drug-likeness (QED) is 0.655. The Morgan fingerprint density at radius 3 is 2.86 bits per heavy atom. The first-order valence-corrected chi connectivity index (χ1v) is 8.40. The van der Waals surface area contributed by atoms with E-state index in [1.807, 2.05) is 36.7 Å². The average Bonchev–Trinajstić information content (AvgIpc) is 3.09. The van der Waals surface area contributed by atoms with E-state index in [9.17, 15) is 0 Å². The molecule has 0 amide bonds. The maximum absolute atomic E-state index is 5.88. The van der Waals surface area contributed by atoms with Crippen LogP contribution >= 0.6 is 23.4 Å². The SMILES string of the molecule is Clc1ccc(-c2noc(CSc3nccn3C3CC3)n2)cc1. The molecule has 5 nitrogen and oxygen atoms in total. The van der Waals surface area contributed by atoms with Crippen molar-refractivity contribution in [1.29, 1.82) is 0 Å². The lowest BCUT2D eigenvalue weighted by atomic mass is 10.2. The Morgan fingerprint density at radius 2 is 2.09 bits per heavy atom. The minimum atomic E-state index is 0.581. The number of halogens is 1. The largest absolute Gasteiger partial charge is 0.338 e. The Morgan fingerprint density at radius 1 is 1.27 bits per heavy atom. The molecule has 2 heterocycles. The van der Waals surface area contributed by atoms with Gasteiger partial charge in [0.2, 0.25) is 11.7 Å². The van der Waals surface area contributed by atoms with Gasteiger partial charge in [-0.2, -0.15) is 4.98 Å². The molecule has 3 aromatic rings.